The van der Waals surface area contributed by atoms with Crippen LogP contribution in [-0.2, 0) is 11.4 Å². The van der Waals surface area contributed by atoms with E-state index in [0.717, 1.165) is 17.0 Å². The molecule has 0 spiro atoms. The van der Waals surface area contributed by atoms with E-state index in [9.17, 15) is 9.18 Å². The highest BCUT2D eigenvalue weighted by Gasteiger charge is 2.34. The quantitative estimate of drug-likeness (QED) is 0.275. The van der Waals surface area contributed by atoms with Gasteiger partial charge >= 0.3 is 0 Å². The number of halogens is 2. The molecular weight excluding hydrogens is 527 g/mol. The van der Waals surface area contributed by atoms with Crippen molar-refractivity contribution >= 4 is 56.2 Å². The second-order valence-electron chi connectivity index (χ2n) is 7.37. The molecule has 0 unspecified atom stereocenters. The van der Waals surface area contributed by atoms with E-state index in [2.05, 4.69) is 15.9 Å². The van der Waals surface area contributed by atoms with E-state index in [0.29, 0.717) is 30.8 Å². The molecule has 5 nitrogen and oxygen atoms in total. The zero-order valence-corrected chi connectivity index (χ0v) is 21.3. The van der Waals surface area contributed by atoms with Gasteiger partial charge in [-0.15, -0.1) is 0 Å². The third-order valence-corrected chi connectivity index (χ3v) is 6.90. The highest BCUT2D eigenvalue weighted by Crippen LogP contribution is 2.39. The molecule has 33 heavy (non-hydrogen) atoms. The monoisotopic (exact) mass is 546 g/mol. The summed E-state index contributed by atoms with van der Waals surface area (Å²) in [5, 5.41) is 1.51. The maximum Gasteiger partial charge on any atom is 0.285 e. The molecule has 2 aromatic carbocycles. The van der Waals surface area contributed by atoms with Crippen molar-refractivity contribution in [2.75, 3.05) is 12.1 Å². The fourth-order valence-corrected chi connectivity index (χ4v) is 5.32. The Hall–Kier alpha value is -2.62. The zero-order valence-electron chi connectivity index (χ0n) is 18.1. The number of thiocarbonyl (C=S) groups is 1. The molecule has 4 rings (SSSR count). The van der Waals surface area contributed by atoms with Crippen molar-refractivity contribution in [2.45, 2.75) is 20.5 Å². The molecule has 1 amide bonds. The van der Waals surface area contributed by atoms with Crippen molar-refractivity contribution < 1.29 is 18.7 Å². The number of rotatable bonds is 6. The van der Waals surface area contributed by atoms with Crippen LogP contribution in [0.15, 0.2) is 57.9 Å². The van der Waals surface area contributed by atoms with E-state index < -0.39 is 0 Å². The third-order valence-electron chi connectivity index (χ3n) is 5.03. The van der Waals surface area contributed by atoms with Gasteiger partial charge in [-0.2, -0.15) is 5.01 Å². The maximum absolute atomic E-state index is 13.4. The molecule has 1 aliphatic rings. The molecule has 1 fully saturated rings. The van der Waals surface area contributed by atoms with E-state index in [-0.39, 0.29) is 18.3 Å². The van der Waals surface area contributed by atoms with Crippen LogP contribution in [0.2, 0.25) is 0 Å². The number of aryl methyl sites for hydroxylation is 2. The molecule has 0 bridgehead atoms. The highest BCUT2D eigenvalue weighted by molar-refractivity contribution is 9.10. The van der Waals surface area contributed by atoms with E-state index in [1.165, 1.54) is 36.0 Å². The first-order chi connectivity index (χ1) is 15.8. The Morgan fingerprint density at radius 1 is 1.15 bits per heavy atom. The van der Waals surface area contributed by atoms with Gasteiger partial charge in [-0.05, 0) is 95.6 Å². The van der Waals surface area contributed by atoms with Gasteiger partial charge in [-0.1, -0.05) is 23.9 Å². The molecule has 0 saturated carbocycles. The standard InChI is InChI=1S/C24H20BrFN2O3S2/c1-14-7-8-15(2)27(14)28-23(29)21(33-24(28)32)12-17-10-19(25)22(20(11-17)30-3)31-13-16-5-4-6-18(26)9-16/h4-12H,13H2,1-3H3/b21-12+. The van der Waals surface area contributed by atoms with Crippen LogP contribution in [0.25, 0.3) is 6.08 Å². The maximum atomic E-state index is 13.4. The number of hydrogen-bond acceptors (Lipinski definition) is 5. The Kier molecular flexibility index (Phi) is 6.92. The van der Waals surface area contributed by atoms with Crippen LogP contribution in [0.5, 0.6) is 11.5 Å². The summed E-state index contributed by atoms with van der Waals surface area (Å²) in [5.41, 5.74) is 3.30. The SMILES string of the molecule is COc1cc(/C=C2/SC(=S)N(n3c(C)ccc3C)C2=O)cc(Br)c1OCc1cccc(F)c1. The summed E-state index contributed by atoms with van der Waals surface area (Å²) in [6.07, 6.45) is 1.77. The molecule has 0 radical (unpaired) electrons. The lowest BCUT2D eigenvalue weighted by Crippen LogP contribution is -2.39. The molecule has 9 heteroatoms. The summed E-state index contributed by atoms with van der Waals surface area (Å²) in [5.74, 6) is 0.471. The second kappa shape index (κ2) is 9.70. The number of carbonyl (C=O) groups excluding carboxylic acids is 1. The van der Waals surface area contributed by atoms with Crippen LogP contribution in [0, 0.1) is 19.7 Å². The first-order valence-corrected chi connectivity index (χ1v) is 12.0. The van der Waals surface area contributed by atoms with Gasteiger partial charge in [-0.25, -0.2) is 4.39 Å². The second-order valence-corrected chi connectivity index (χ2v) is 9.90. The topological polar surface area (TPSA) is 43.7 Å². The molecule has 0 atom stereocenters. The Morgan fingerprint density at radius 2 is 1.88 bits per heavy atom. The normalized spacial score (nSPS) is 14.9. The molecule has 1 aliphatic heterocycles. The molecule has 0 aliphatic carbocycles. The van der Waals surface area contributed by atoms with Crippen molar-refractivity contribution in [3.63, 3.8) is 0 Å². The predicted octanol–water partition coefficient (Wildman–Crippen LogP) is 6.13. The van der Waals surface area contributed by atoms with Gasteiger partial charge in [-0.3, -0.25) is 9.47 Å². The molecular formula is C24H20BrFN2O3S2. The van der Waals surface area contributed by atoms with Gasteiger partial charge < -0.3 is 9.47 Å². The fourth-order valence-electron chi connectivity index (χ4n) is 3.50. The number of benzene rings is 2. The van der Waals surface area contributed by atoms with Crippen molar-refractivity contribution in [3.05, 3.63) is 86.2 Å². The number of methoxy groups -OCH3 is 1. The van der Waals surface area contributed by atoms with E-state index in [4.69, 9.17) is 21.7 Å². The van der Waals surface area contributed by atoms with Crippen molar-refractivity contribution in [3.8, 4) is 11.5 Å². The summed E-state index contributed by atoms with van der Waals surface area (Å²) in [6.45, 7) is 4.04. The Labute approximate surface area is 209 Å². The van der Waals surface area contributed by atoms with Crippen molar-refractivity contribution in [2.24, 2.45) is 0 Å². The minimum atomic E-state index is -0.319. The van der Waals surface area contributed by atoms with Crippen LogP contribution >= 0.6 is 39.9 Å². The minimum Gasteiger partial charge on any atom is -0.493 e. The van der Waals surface area contributed by atoms with E-state index >= 15 is 0 Å². The van der Waals surface area contributed by atoms with Crippen molar-refractivity contribution in [1.29, 1.82) is 0 Å². The van der Waals surface area contributed by atoms with Crippen LogP contribution in [0.3, 0.4) is 0 Å². The van der Waals surface area contributed by atoms with Gasteiger partial charge in [0.2, 0.25) is 0 Å². The first-order valence-electron chi connectivity index (χ1n) is 9.96. The Balaban J connectivity index is 1.60. The number of aromatic nitrogens is 1. The van der Waals surface area contributed by atoms with Crippen LogP contribution in [-0.4, -0.2) is 22.0 Å². The number of ether oxygens (including phenoxy) is 2. The minimum absolute atomic E-state index is 0.181. The lowest BCUT2D eigenvalue weighted by atomic mass is 10.1. The largest absolute Gasteiger partial charge is 0.493 e. The zero-order chi connectivity index (χ0) is 23.7. The Bertz CT molecular complexity index is 1270. The molecule has 2 heterocycles. The number of nitrogens with zero attached hydrogens (tertiary/aromatic N) is 2. The molecule has 1 aromatic heterocycles. The number of hydrogen-bond donors (Lipinski definition) is 0. The smallest absolute Gasteiger partial charge is 0.285 e. The first kappa shape index (κ1) is 23.5. The summed E-state index contributed by atoms with van der Waals surface area (Å²) in [4.78, 5) is 13.7. The third kappa shape index (κ3) is 4.85. The Morgan fingerprint density at radius 3 is 2.55 bits per heavy atom. The highest BCUT2D eigenvalue weighted by atomic mass is 79.9. The van der Waals surface area contributed by atoms with Gasteiger partial charge in [0.15, 0.2) is 15.8 Å². The molecule has 0 N–H and O–H groups in total. The fraction of sp³-hybridized carbons (Fsp3) is 0.167. The molecule has 3 aromatic rings. The summed E-state index contributed by atoms with van der Waals surface area (Å²) >= 11 is 10.3. The van der Waals surface area contributed by atoms with Crippen LogP contribution in [0.1, 0.15) is 22.5 Å². The predicted molar refractivity (Wildman–Crippen MR) is 137 cm³/mol. The van der Waals surface area contributed by atoms with E-state index in [1.54, 1.807) is 24.3 Å². The molecule has 170 valence electrons. The molecule has 1 saturated heterocycles. The van der Waals surface area contributed by atoms with Gasteiger partial charge in [0.05, 0.1) is 16.5 Å². The van der Waals surface area contributed by atoms with E-state index in [1.807, 2.05) is 36.7 Å². The lowest BCUT2D eigenvalue weighted by Gasteiger charge is -2.20. The summed E-state index contributed by atoms with van der Waals surface area (Å²) in [7, 11) is 1.54. The number of thioether (sulfide) groups is 1. The number of amides is 1. The van der Waals surface area contributed by atoms with Crippen LogP contribution in [0.4, 0.5) is 4.39 Å². The summed E-state index contributed by atoms with van der Waals surface area (Å²) < 4.78 is 27.8. The number of carbonyl (C=O) groups is 1. The van der Waals surface area contributed by atoms with Gasteiger partial charge in [0.1, 0.15) is 12.4 Å². The lowest BCUT2D eigenvalue weighted by molar-refractivity contribution is -0.114. The summed E-state index contributed by atoms with van der Waals surface area (Å²) in [6, 6.07) is 13.7. The van der Waals surface area contributed by atoms with Gasteiger partial charge in [0, 0.05) is 11.4 Å². The van der Waals surface area contributed by atoms with Crippen molar-refractivity contribution in [1.82, 2.24) is 4.68 Å². The van der Waals surface area contributed by atoms with Gasteiger partial charge in [0.25, 0.3) is 5.91 Å². The average Bonchev–Trinajstić information content (AvgIpc) is 3.23. The average molecular weight is 547 g/mol. The van der Waals surface area contributed by atoms with Crippen LogP contribution < -0.4 is 14.5 Å².